The maximum Gasteiger partial charge on any atom is 0.251 e. The summed E-state index contributed by atoms with van der Waals surface area (Å²) in [6.07, 6.45) is 5.99. The number of fused-ring (bicyclic) bond motifs is 2. The van der Waals surface area contributed by atoms with Crippen LogP contribution in [0.15, 0.2) is 24.3 Å². The van der Waals surface area contributed by atoms with Crippen molar-refractivity contribution in [3.8, 4) is 0 Å². The van der Waals surface area contributed by atoms with E-state index in [0.29, 0.717) is 23.2 Å². The smallest absolute Gasteiger partial charge is 0.251 e. The van der Waals surface area contributed by atoms with E-state index in [0.717, 1.165) is 18.6 Å². The first-order valence-corrected chi connectivity index (χ1v) is 9.18. The van der Waals surface area contributed by atoms with Crippen LogP contribution in [0.2, 0.25) is 0 Å². The maximum atomic E-state index is 12.2. The molecule has 2 bridgehead atoms. The molecule has 2 fully saturated rings. The Morgan fingerprint density at radius 2 is 1.86 bits per heavy atom. The SMILES string of the molecule is CS(=O)(=O)Nc1ccc(C(=O)N[C@@H]2C[C@@H]3CC[C@@H]2C3)cc1. The molecule has 21 heavy (non-hydrogen) atoms. The van der Waals surface area contributed by atoms with Crippen molar-refractivity contribution < 1.29 is 13.2 Å². The van der Waals surface area contributed by atoms with Gasteiger partial charge in [-0.1, -0.05) is 6.42 Å². The Kier molecular flexibility index (Phi) is 3.65. The molecule has 0 heterocycles. The fourth-order valence-corrected chi connectivity index (χ4v) is 4.14. The largest absolute Gasteiger partial charge is 0.349 e. The molecule has 0 spiro atoms. The molecule has 0 aliphatic heterocycles. The van der Waals surface area contributed by atoms with Crippen LogP contribution in [-0.4, -0.2) is 26.6 Å². The number of hydrogen-bond donors (Lipinski definition) is 2. The molecule has 3 rings (SSSR count). The molecule has 1 aromatic carbocycles. The first-order valence-electron chi connectivity index (χ1n) is 7.29. The third-order valence-electron chi connectivity index (χ3n) is 4.50. The predicted molar refractivity (Wildman–Crippen MR) is 81.6 cm³/mol. The van der Waals surface area contributed by atoms with E-state index in [2.05, 4.69) is 10.0 Å². The monoisotopic (exact) mass is 308 g/mol. The van der Waals surface area contributed by atoms with Crippen LogP contribution in [0.25, 0.3) is 0 Å². The molecule has 1 aromatic rings. The van der Waals surface area contributed by atoms with Gasteiger partial charge in [0.2, 0.25) is 10.0 Å². The lowest BCUT2D eigenvalue weighted by Crippen LogP contribution is -2.38. The Morgan fingerprint density at radius 1 is 1.14 bits per heavy atom. The van der Waals surface area contributed by atoms with Crippen molar-refractivity contribution >= 4 is 21.6 Å². The molecule has 0 aromatic heterocycles. The van der Waals surface area contributed by atoms with Crippen LogP contribution in [0.3, 0.4) is 0 Å². The van der Waals surface area contributed by atoms with Crippen molar-refractivity contribution in [2.45, 2.75) is 31.7 Å². The van der Waals surface area contributed by atoms with E-state index in [-0.39, 0.29) is 5.91 Å². The second kappa shape index (κ2) is 5.33. The fourth-order valence-electron chi connectivity index (χ4n) is 3.58. The number of carbonyl (C=O) groups excluding carboxylic acids is 1. The third kappa shape index (κ3) is 3.37. The first-order chi connectivity index (χ1) is 9.90. The summed E-state index contributed by atoms with van der Waals surface area (Å²) in [4.78, 5) is 12.2. The standard InChI is InChI=1S/C15H20N2O3S/c1-21(19,20)17-13-6-4-11(5-7-13)15(18)16-14-9-10-2-3-12(14)8-10/h4-7,10,12,14,17H,2-3,8-9H2,1H3,(H,16,18)/t10-,12-,14-/m1/s1. The highest BCUT2D eigenvalue weighted by atomic mass is 32.2. The zero-order chi connectivity index (χ0) is 15.0. The lowest BCUT2D eigenvalue weighted by Gasteiger charge is -2.22. The molecule has 114 valence electrons. The topological polar surface area (TPSA) is 75.3 Å². The molecule has 0 saturated heterocycles. The summed E-state index contributed by atoms with van der Waals surface area (Å²) in [7, 11) is -3.29. The van der Waals surface area contributed by atoms with E-state index in [1.54, 1.807) is 24.3 Å². The summed E-state index contributed by atoms with van der Waals surface area (Å²) in [6, 6.07) is 6.82. The molecule has 6 heteroatoms. The number of nitrogens with one attached hydrogen (secondary N) is 2. The lowest BCUT2D eigenvalue weighted by molar-refractivity contribution is 0.0923. The Labute approximate surface area is 125 Å². The van der Waals surface area contributed by atoms with Gasteiger partial charge in [0, 0.05) is 17.3 Å². The number of benzene rings is 1. The molecular weight excluding hydrogens is 288 g/mol. The van der Waals surface area contributed by atoms with Crippen molar-refractivity contribution in [1.82, 2.24) is 5.32 Å². The van der Waals surface area contributed by atoms with Gasteiger partial charge in [0.15, 0.2) is 0 Å². The van der Waals surface area contributed by atoms with Crippen LogP contribution >= 0.6 is 0 Å². The number of amides is 1. The van der Waals surface area contributed by atoms with Gasteiger partial charge in [-0.05, 0) is 55.4 Å². The summed E-state index contributed by atoms with van der Waals surface area (Å²) in [5.41, 5.74) is 1.03. The molecule has 1 amide bonds. The Morgan fingerprint density at radius 3 is 2.38 bits per heavy atom. The Balaban J connectivity index is 1.62. The lowest BCUT2D eigenvalue weighted by atomic mass is 9.95. The summed E-state index contributed by atoms with van der Waals surface area (Å²) in [6.45, 7) is 0. The van der Waals surface area contributed by atoms with Crippen molar-refractivity contribution in [3.63, 3.8) is 0 Å². The number of anilines is 1. The minimum atomic E-state index is -3.29. The van der Waals surface area contributed by atoms with Crippen LogP contribution in [-0.2, 0) is 10.0 Å². The van der Waals surface area contributed by atoms with Crippen LogP contribution in [0, 0.1) is 11.8 Å². The fraction of sp³-hybridized carbons (Fsp3) is 0.533. The van der Waals surface area contributed by atoms with Gasteiger partial charge in [-0.15, -0.1) is 0 Å². The average molecular weight is 308 g/mol. The molecule has 2 N–H and O–H groups in total. The van der Waals surface area contributed by atoms with Gasteiger partial charge in [0.05, 0.1) is 6.26 Å². The van der Waals surface area contributed by atoms with Gasteiger partial charge in [-0.2, -0.15) is 0 Å². The Hall–Kier alpha value is -1.56. The summed E-state index contributed by atoms with van der Waals surface area (Å²) < 4.78 is 24.6. The van der Waals surface area contributed by atoms with Gasteiger partial charge in [0.1, 0.15) is 0 Å². The van der Waals surface area contributed by atoms with Crippen LogP contribution in [0.5, 0.6) is 0 Å². The van der Waals surface area contributed by atoms with Crippen molar-refractivity contribution in [2.75, 3.05) is 11.0 Å². The second-order valence-electron chi connectivity index (χ2n) is 6.21. The Bertz CT molecular complexity index is 639. The molecular formula is C15H20N2O3S. The van der Waals surface area contributed by atoms with Crippen molar-refractivity contribution in [1.29, 1.82) is 0 Å². The van der Waals surface area contributed by atoms with E-state index < -0.39 is 10.0 Å². The molecule has 0 unspecified atom stereocenters. The van der Waals surface area contributed by atoms with Gasteiger partial charge in [-0.3, -0.25) is 9.52 Å². The molecule has 3 atom stereocenters. The number of carbonyl (C=O) groups is 1. The minimum Gasteiger partial charge on any atom is -0.349 e. The zero-order valence-corrected chi connectivity index (χ0v) is 12.8. The number of hydrogen-bond acceptors (Lipinski definition) is 3. The van der Waals surface area contributed by atoms with E-state index in [1.165, 1.54) is 19.3 Å². The summed E-state index contributed by atoms with van der Waals surface area (Å²) in [5, 5.41) is 3.12. The van der Waals surface area contributed by atoms with Crippen LogP contribution in [0.1, 0.15) is 36.0 Å². The molecule has 5 nitrogen and oxygen atoms in total. The summed E-state index contributed by atoms with van der Waals surface area (Å²) >= 11 is 0. The highest BCUT2D eigenvalue weighted by Crippen LogP contribution is 2.44. The highest BCUT2D eigenvalue weighted by molar-refractivity contribution is 7.92. The minimum absolute atomic E-state index is 0.0709. The first kappa shape index (κ1) is 14.4. The number of sulfonamides is 1. The number of rotatable bonds is 4. The molecule has 0 radical (unpaired) electrons. The van der Waals surface area contributed by atoms with E-state index in [4.69, 9.17) is 0 Å². The molecule has 2 aliphatic carbocycles. The quantitative estimate of drug-likeness (QED) is 0.893. The van der Waals surface area contributed by atoms with Gasteiger partial charge >= 0.3 is 0 Å². The van der Waals surface area contributed by atoms with Gasteiger partial charge < -0.3 is 5.32 Å². The van der Waals surface area contributed by atoms with Crippen molar-refractivity contribution in [3.05, 3.63) is 29.8 Å². The van der Waals surface area contributed by atoms with E-state index in [1.807, 2.05) is 0 Å². The van der Waals surface area contributed by atoms with Gasteiger partial charge in [-0.25, -0.2) is 8.42 Å². The molecule has 2 saturated carbocycles. The third-order valence-corrected chi connectivity index (χ3v) is 5.11. The maximum absolute atomic E-state index is 12.2. The zero-order valence-electron chi connectivity index (χ0n) is 12.0. The normalized spacial score (nSPS) is 27.6. The average Bonchev–Trinajstić information content (AvgIpc) is 3.00. The second-order valence-corrected chi connectivity index (χ2v) is 7.95. The van der Waals surface area contributed by atoms with Crippen LogP contribution < -0.4 is 10.0 Å². The van der Waals surface area contributed by atoms with Crippen LogP contribution in [0.4, 0.5) is 5.69 Å². The molecule has 2 aliphatic rings. The van der Waals surface area contributed by atoms with E-state index in [9.17, 15) is 13.2 Å². The predicted octanol–water partition coefficient (Wildman–Crippen LogP) is 1.98. The van der Waals surface area contributed by atoms with Gasteiger partial charge in [0.25, 0.3) is 5.91 Å². The van der Waals surface area contributed by atoms with Crippen molar-refractivity contribution in [2.24, 2.45) is 11.8 Å². The summed E-state index contributed by atoms with van der Waals surface area (Å²) in [5.74, 6) is 1.37. The van der Waals surface area contributed by atoms with E-state index >= 15 is 0 Å². The highest BCUT2D eigenvalue weighted by Gasteiger charge is 2.40.